The molecule has 9 heteroatoms. The van der Waals surface area contributed by atoms with Gasteiger partial charge in [-0.2, -0.15) is 10.1 Å². The van der Waals surface area contributed by atoms with Gasteiger partial charge in [0.1, 0.15) is 5.69 Å². The Morgan fingerprint density at radius 3 is 2.76 bits per heavy atom. The molecule has 2 aromatic heterocycles. The molecule has 0 N–H and O–H groups in total. The first-order valence-corrected chi connectivity index (χ1v) is 8.25. The largest absolute Gasteiger partial charge is 0.383 e. The molecule has 1 fully saturated rings. The van der Waals surface area contributed by atoms with Gasteiger partial charge in [-0.25, -0.2) is 4.68 Å². The van der Waals surface area contributed by atoms with E-state index in [1.807, 2.05) is 0 Å². The number of ether oxygens (including phenoxy) is 1. The molecular weight excluding hydrogens is 326 g/mol. The van der Waals surface area contributed by atoms with Crippen LogP contribution in [-0.2, 0) is 11.3 Å². The number of piperidine rings is 1. The van der Waals surface area contributed by atoms with Gasteiger partial charge in [0.15, 0.2) is 5.82 Å². The zero-order valence-electron chi connectivity index (χ0n) is 14.3. The fourth-order valence-electron chi connectivity index (χ4n) is 2.87. The Morgan fingerprint density at radius 1 is 1.36 bits per heavy atom. The summed E-state index contributed by atoms with van der Waals surface area (Å²) < 4.78 is 11.4. The van der Waals surface area contributed by atoms with Gasteiger partial charge in [-0.1, -0.05) is 5.16 Å². The Balaban J connectivity index is 1.65. The number of hydrogen-bond donors (Lipinski definition) is 0. The highest BCUT2D eigenvalue weighted by Crippen LogP contribution is 2.27. The number of nitrogens with zero attached hydrogens (tertiary/aromatic N) is 5. The number of aromatic nitrogens is 4. The highest BCUT2D eigenvalue weighted by atomic mass is 16.5. The van der Waals surface area contributed by atoms with E-state index in [0.717, 1.165) is 12.8 Å². The molecule has 0 atom stereocenters. The van der Waals surface area contributed by atoms with Crippen LogP contribution in [0.2, 0.25) is 0 Å². The average Bonchev–Trinajstić information content (AvgIpc) is 3.07. The summed E-state index contributed by atoms with van der Waals surface area (Å²) in [7, 11) is 1.55. The molecule has 0 radical (unpaired) electrons. The second kappa shape index (κ2) is 7.56. The first kappa shape index (κ1) is 17.3. The van der Waals surface area contributed by atoms with Crippen molar-refractivity contribution in [3.63, 3.8) is 0 Å². The molecule has 3 heterocycles. The van der Waals surface area contributed by atoms with Crippen LogP contribution in [-0.4, -0.2) is 57.5 Å². The van der Waals surface area contributed by atoms with Crippen molar-refractivity contribution >= 4 is 5.91 Å². The molecule has 0 spiro atoms. The van der Waals surface area contributed by atoms with Crippen LogP contribution >= 0.6 is 0 Å². The average molecular weight is 347 g/mol. The Labute approximate surface area is 144 Å². The van der Waals surface area contributed by atoms with Crippen LogP contribution in [0.4, 0.5) is 0 Å². The lowest BCUT2D eigenvalue weighted by Gasteiger charge is -2.30. The van der Waals surface area contributed by atoms with E-state index in [-0.39, 0.29) is 23.1 Å². The predicted molar refractivity (Wildman–Crippen MR) is 87.3 cm³/mol. The number of aryl methyl sites for hydroxylation is 1. The quantitative estimate of drug-likeness (QED) is 0.780. The van der Waals surface area contributed by atoms with Crippen LogP contribution in [0.1, 0.15) is 41.0 Å². The first-order chi connectivity index (χ1) is 12.1. The van der Waals surface area contributed by atoms with Crippen molar-refractivity contribution in [3.05, 3.63) is 39.9 Å². The summed E-state index contributed by atoms with van der Waals surface area (Å²) in [6.45, 7) is 3.64. The maximum atomic E-state index is 12.6. The van der Waals surface area contributed by atoms with E-state index in [0.29, 0.717) is 38.0 Å². The number of likely N-dealkylation sites (tertiary alicyclic amines) is 1. The summed E-state index contributed by atoms with van der Waals surface area (Å²) in [5.41, 5.74) is 0.0156. The molecule has 1 aliphatic heterocycles. The van der Waals surface area contributed by atoms with E-state index in [9.17, 15) is 9.59 Å². The fraction of sp³-hybridized carbons (Fsp3) is 0.562. The third kappa shape index (κ3) is 3.93. The molecule has 9 nitrogen and oxygen atoms in total. The molecular formula is C16H21N5O4. The molecule has 2 aromatic rings. The summed E-state index contributed by atoms with van der Waals surface area (Å²) in [5, 5.41) is 7.97. The molecule has 25 heavy (non-hydrogen) atoms. The lowest BCUT2D eigenvalue weighted by molar-refractivity contribution is 0.0694. The van der Waals surface area contributed by atoms with E-state index in [2.05, 4.69) is 15.2 Å². The summed E-state index contributed by atoms with van der Waals surface area (Å²) in [6.07, 6.45) is 1.52. The summed E-state index contributed by atoms with van der Waals surface area (Å²) in [6, 6.07) is 2.84. The lowest BCUT2D eigenvalue weighted by atomic mass is 9.96. The number of carbonyl (C=O) groups is 1. The van der Waals surface area contributed by atoms with Gasteiger partial charge in [0, 0.05) is 32.2 Å². The van der Waals surface area contributed by atoms with Gasteiger partial charge in [0.25, 0.3) is 11.5 Å². The van der Waals surface area contributed by atoms with Crippen LogP contribution in [0.3, 0.4) is 0 Å². The molecule has 134 valence electrons. The standard InChI is InChI=1S/C16H21N5O4/c1-11-17-15(25-19-11)12-5-7-20(8-6-12)16(23)13-3-4-14(22)21(18-13)9-10-24-2/h3-4,12H,5-10H2,1-2H3. The second-order valence-corrected chi connectivity index (χ2v) is 6.02. The van der Waals surface area contributed by atoms with Crippen molar-refractivity contribution in [2.24, 2.45) is 0 Å². The van der Waals surface area contributed by atoms with Crippen LogP contribution < -0.4 is 5.56 Å². The number of carbonyl (C=O) groups excluding carboxylic acids is 1. The topological polar surface area (TPSA) is 103 Å². The van der Waals surface area contributed by atoms with Gasteiger partial charge < -0.3 is 14.2 Å². The third-order valence-corrected chi connectivity index (χ3v) is 4.27. The van der Waals surface area contributed by atoms with Gasteiger partial charge in [-0.3, -0.25) is 9.59 Å². The van der Waals surface area contributed by atoms with Gasteiger partial charge in [0.2, 0.25) is 5.89 Å². The van der Waals surface area contributed by atoms with E-state index in [1.54, 1.807) is 18.9 Å². The van der Waals surface area contributed by atoms with Crippen molar-refractivity contribution in [2.75, 3.05) is 26.8 Å². The van der Waals surface area contributed by atoms with Gasteiger partial charge in [-0.05, 0) is 25.8 Å². The molecule has 3 rings (SSSR count). The number of rotatable bonds is 5. The highest BCUT2D eigenvalue weighted by molar-refractivity contribution is 5.92. The first-order valence-electron chi connectivity index (χ1n) is 8.25. The number of methoxy groups -OCH3 is 1. The van der Waals surface area contributed by atoms with Gasteiger partial charge in [0.05, 0.1) is 13.2 Å². The zero-order valence-corrected chi connectivity index (χ0v) is 14.3. The van der Waals surface area contributed by atoms with Crippen molar-refractivity contribution in [3.8, 4) is 0 Å². The van der Waals surface area contributed by atoms with Crippen molar-refractivity contribution < 1.29 is 14.1 Å². The molecule has 0 aliphatic carbocycles. The normalized spacial score (nSPS) is 15.5. The molecule has 0 aromatic carbocycles. The van der Waals surface area contributed by atoms with Crippen molar-refractivity contribution in [1.29, 1.82) is 0 Å². The van der Waals surface area contributed by atoms with E-state index < -0.39 is 0 Å². The molecule has 0 bridgehead atoms. The molecule has 1 amide bonds. The Morgan fingerprint density at radius 2 is 2.12 bits per heavy atom. The van der Waals surface area contributed by atoms with E-state index in [1.165, 1.54) is 16.8 Å². The minimum atomic E-state index is -0.251. The maximum absolute atomic E-state index is 12.6. The van der Waals surface area contributed by atoms with Gasteiger partial charge in [-0.15, -0.1) is 0 Å². The van der Waals surface area contributed by atoms with E-state index >= 15 is 0 Å². The van der Waals surface area contributed by atoms with Crippen LogP contribution in [0, 0.1) is 6.92 Å². The van der Waals surface area contributed by atoms with Crippen molar-refractivity contribution in [1.82, 2.24) is 24.8 Å². The maximum Gasteiger partial charge on any atom is 0.274 e. The predicted octanol–water partition coefficient (Wildman–Crippen LogP) is 0.601. The number of amides is 1. The SMILES string of the molecule is COCCn1nc(C(=O)N2CCC(c3nc(C)no3)CC2)ccc1=O. The van der Waals surface area contributed by atoms with Gasteiger partial charge >= 0.3 is 0 Å². The van der Waals surface area contributed by atoms with Crippen LogP contribution in [0.5, 0.6) is 0 Å². The summed E-state index contributed by atoms with van der Waals surface area (Å²) in [5.74, 6) is 1.26. The molecule has 0 unspecified atom stereocenters. The number of hydrogen-bond acceptors (Lipinski definition) is 7. The Bertz CT molecular complexity index is 792. The minimum absolute atomic E-state index is 0.175. The summed E-state index contributed by atoms with van der Waals surface area (Å²) >= 11 is 0. The highest BCUT2D eigenvalue weighted by Gasteiger charge is 2.28. The molecule has 0 saturated carbocycles. The van der Waals surface area contributed by atoms with Crippen LogP contribution in [0.15, 0.2) is 21.5 Å². The summed E-state index contributed by atoms with van der Waals surface area (Å²) in [4.78, 5) is 30.4. The van der Waals surface area contributed by atoms with Crippen molar-refractivity contribution in [2.45, 2.75) is 32.2 Å². The second-order valence-electron chi connectivity index (χ2n) is 6.02. The van der Waals surface area contributed by atoms with E-state index in [4.69, 9.17) is 9.26 Å². The lowest BCUT2D eigenvalue weighted by Crippen LogP contribution is -2.39. The smallest absolute Gasteiger partial charge is 0.274 e. The zero-order chi connectivity index (χ0) is 17.8. The Kier molecular flexibility index (Phi) is 5.22. The molecule has 1 saturated heterocycles. The molecule has 1 aliphatic rings. The Hall–Kier alpha value is -2.55. The monoisotopic (exact) mass is 347 g/mol. The minimum Gasteiger partial charge on any atom is -0.383 e. The van der Waals surface area contributed by atoms with Crippen LogP contribution in [0.25, 0.3) is 0 Å². The fourth-order valence-corrected chi connectivity index (χ4v) is 2.87. The third-order valence-electron chi connectivity index (χ3n) is 4.27.